The van der Waals surface area contributed by atoms with Crippen molar-refractivity contribution in [1.29, 1.82) is 0 Å². The number of hydrogen-bond donors (Lipinski definition) is 0. The summed E-state index contributed by atoms with van der Waals surface area (Å²) in [6.07, 6.45) is 11.9. The van der Waals surface area contributed by atoms with Crippen molar-refractivity contribution in [2.75, 3.05) is 24.5 Å². The van der Waals surface area contributed by atoms with E-state index >= 15 is 0 Å². The predicted molar refractivity (Wildman–Crippen MR) is 131 cm³/mol. The van der Waals surface area contributed by atoms with Gasteiger partial charge in [-0.2, -0.15) is 0 Å². The first kappa shape index (κ1) is 22.5. The molecule has 0 N–H and O–H groups in total. The highest BCUT2D eigenvalue weighted by Crippen LogP contribution is 2.33. The van der Waals surface area contributed by atoms with Gasteiger partial charge in [-0.3, -0.25) is 9.36 Å². The van der Waals surface area contributed by atoms with Crippen molar-refractivity contribution in [3.63, 3.8) is 0 Å². The van der Waals surface area contributed by atoms with Gasteiger partial charge in [-0.25, -0.2) is 19.9 Å². The number of pyridine rings is 1. The van der Waals surface area contributed by atoms with E-state index in [2.05, 4.69) is 49.2 Å². The molecule has 3 aromatic rings. The molecule has 0 radical (unpaired) electrons. The molecule has 0 bridgehead atoms. The third-order valence-corrected chi connectivity index (χ3v) is 7.02. The molecule has 8 heteroatoms. The van der Waals surface area contributed by atoms with Gasteiger partial charge < -0.3 is 9.80 Å². The molecule has 8 nitrogen and oxygen atoms in total. The van der Waals surface area contributed by atoms with Crippen LogP contribution in [0.2, 0.25) is 0 Å². The average Bonchev–Trinajstić information content (AvgIpc) is 3.56. The molecule has 5 heterocycles. The number of carbonyl (C=O) groups excluding carboxylic acids is 1. The maximum atomic E-state index is 13.4. The standard InChI is InChI=1S/C26H33N7O/c1-19(2)25-27-13-17-33(25)23-8-3-6-21(30-23)22-7-4-14-32(22)24(34)18-20-9-15-31(16-10-20)26-28-11-5-12-29-26/h3,5-6,8,11-13,17,19-20,22H,4,7,9-10,14-16,18H2,1-2H3/t22-/m0/s1. The molecule has 34 heavy (non-hydrogen) atoms. The van der Waals surface area contributed by atoms with Crippen LogP contribution in [0, 0.1) is 5.92 Å². The second-order valence-electron chi connectivity index (χ2n) is 9.66. The van der Waals surface area contributed by atoms with Crippen LogP contribution in [-0.2, 0) is 4.79 Å². The number of piperidine rings is 1. The van der Waals surface area contributed by atoms with E-state index in [0.29, 0.717) is 18.3 Å². The maximum Gasteiger partial charge on any atom is 0.225 e. The summed E-state index contributed by atoms with van der Waals surface area (Å²) in [6.45, 7) is 6.89. The van der Waals surface area contributed by atoms with Gasteiger partial charge in [-0.15, -0.1) is 0 Å². The Kier molecular flexibility index (Phi) is 6.56. The van der Waals surface area contributed by atoms with Crippen LogP contribution in [0.4, 0.5) is 5.95 Å². The Bertz CT molecular complexity index is 1110. The summed E-state index contributed by atoms with van der Waals surface area (Å²) < 4.78 is 2.06. The van der Waals surface area contributed by atoms with Gasteiger partial charge in [0.1, 0.15) is 11.6 Å². The van der Waals surface area contributed by atoms with E-state index in [1.54, 1.807) is 12.4 Å². The van der Waals surface area contributed by atoms with Gasteiger partial charge in [0.2, 0.25) is 11.9 Å². The molecular weight excluding hydrogens is 426 g/mol. The van der Waals surface area contributed by atoms with Crippen LogP contribution in [0.1, 0.15) is 69.4 Å². The molecule has 5 rings (SSSR count). The molecule has 1 atom stereocenters. The van der Waals surface area contributed by atoms with Crippen molar-refractivity contribution >= 4 is 11.9 Å². The molecule has 0 aliphatic carbocycles. The number of carbonyl (C=O) groups is 1. The number of amides is 1. The molecule has 2 aliphatic rings. The lowest BCUT2D eigenvalue weighted by atomic mass is 9.93. The van der Waals surface area contributed by atoms with E-state index in [-0.39, 0.29) is 11.9 Å². The van der Waals surface area contributed by atoms with E-state index in [1.807, 2.05) is 30.6 Å². The minimum atomic E-state index is 0.0521. The number of imidazole rings is 1. The van der Waals surface area contributed by atoms with E-state index in [0.717, 1.165) is 68.6 Å². The van der Waals surface area contributed by atoms with Crippen LogP contribution in [-0.4, -0.2) is 54.9 Å². The smallest absolute Gasteiger partial charge is 0.225 e. The lowest BCUT2D eigenvalue weighted by Gasteiger charge is -2.33. The third-order valence-electron chi connectivity index (χ3n) is 7.02. The second kappa shape index (κ2) is 9.91. The summed E-state index contributed by atoms with van der Waals surface area (Å²) >= 11 is 0. The van der Waals surface area contributed by atoms with Crippen molar-refractivity contribution in [2.24, 2.45) is 5.92 Å². The molecule has 3 aromatic heterocycles. The lowest BCUT2D eigenvalue weighted by molar-refractivity contribution is -0.133. The average molecular weight is 460 g/mol. The lowest BCUT2D eigenvalue weighted by Crippen LogP contribution is -2.38. The van der Waals surface area contributed by atoms with Crippen LogP contribution in [0.5, 0.6) is 0 Å². The summed E-state index contributed by atoms with van der Waals surface area (Å²) in [5.74, 6) is 3.63. The Morgan fingerprint density at radius 1 is 1.00 bits per heavy atom. The first-order valence-corrected chi connectivity index (χ1v) is 12.4. The van der Waals surface area contributed by atoms with Crippen LogP contribution < -0.4 is 4.90 Å². The van der Waals surface area contributed by atoms with E-state index in [1.165, 1.54) is 0 Å². The largest absolute Gasteiger partial charge is 0.341 e. The van der Waals surface area contributed by atoms with Crippen molar-refractivity contribution in [1.82, 2.24) is 29.4 Å². The molecule has 2 saturated heterocycles. The highest BCUT2D eigenvalue weighted by Gasteiger charge is 2.33. The Hall–Kier alpha value is -3.29. The van der Waals surface area contributed by atoms with E-state index < -0.39 is 0 Å². The summed E-state index contributed by atoms with van der Waals surface area (Å²) in [4.78, 5) is 35.8. The fraction of sp³-hybridized carbons (Fsp3) is 0.500. The summed E-state index contributed by atoms with van der Waals surface area (Å²) in [6, 6.07) is 8.01. The quantitative estimate of drug-likeness (QED) is 0.551. The first-order chi connectivity index (χ1) is 16.6. The number of hydrogen-bond acceptors (Lipinski definition) is 6. The fourth-order valence-corrected chi connectivity index (χ4v) is 5.22. The highest BCUT2D eigenvalue weighted by molar-refractivity contribution is 5.77. The summed E-state index contributed by atoms with van der Waals surface area (Å²) in [7, 11) is 0. The second-order valence-corrected chi connectivity index (χ2v) is 9.66. The van der Waals surface area contributed by atoms with Gasteiger partial charge in [0, 0.05) is 56.8 Å². The normalized spacial score (nSPS) is 19.2. The van der Waals surface area contributed by atoms with Gasteiger partial charge in [-0.1, -0.05) is 19.9 Å². The molecule has 1 amide bonds. The molecule has 2 aliphatic heterocycles. The minimum Gasteiger partial charge on any atom is -0.341 e. The monoisotopic (exact) mass is 459 g/mol. The molecule has 0 spiro atoms. The van der Waals surface area contributed by atoms with Gasteiger partial charge in [0.25, 0.3) is 0 Å². The Morgan fingerprint density at radius 2 is 1.79 bits per heavy atom. The SMILES string of the molecule is CC(C)c1nccn1-c1cccc([C@@H]2CCCN2C(=O)CC2CCN(c3ncccn3)CC2)n1. The number of likely N-dealkylation sites (tertiary alicyclic amines) is 1. The molecule has 0 aromatic carbocycles. The third kappa shape index (κ3) is 4.67. The van der Waals surface area contributed by atoms with Gasteiger partial charge in [-0.05, 0) is 49.8 Å². The number of nitrogens with zero attached hydrogens (tertiary/aromatic N) is 7. The highest BCUT2D eigenvalue weighted by atomic mass is 16.2. The minimum absolute atomic E-state index is 0.0521. The summed E-state index contributed by atoms with van der Waals surface area (Å²) in [5.41, 5.74) is 0.975. The van der Waals surface area contributed by atoms with E-state index in [4.69, 9.17) is 4.98 Å². The molecule has 0 unspecified atom stereocenters. The predicted octanol–water partition coefficient (Wildman–Crippen LogP) is 4.15. The zero-order chi connectivity index (χ0) is 23.5. The zero-order valence-electron chi connectivity index (χ0n) is 20.0. The van der Waals surface area contributed by atoms with Crippen molar-refractivity contribution in [3.05, 3.63) is 60.6 Å². The number of rotatable bonds is 6. The van der Waals surface area contributed by atoms with Crippen molar-refractivity contribution in [2.45, 2.75) is 57.9 Å². The Morgan fingerprint density at radius 3 is 2.56 bits per heavy atom. The van der Waals surface area contributed by atoms with Crippen LogP contribution >= 0.6 is 0 Å². The Balaban J connectivity index is 1.24. The van der Waals surface area contributed by atoms with Crippen LogP contribution in [0.15, 0.2) is 49.1 Å². The van der Waals surface area contributed by atoms with Crippen LogP contribution in [0.3, 0.4) is 0 Å². The Labute approximate surface area is 201 Å². The molecular formula is C26H33N7O. The molecule has 2 fully saturated rings. The topological polar surface area (TPSA) is 80.0 Å². The van der Waals surface area contributed by atoms with E-state index in [9.17, 15) is 4.79 Å². The molecule has 0 saturated carbocycles. The number of aromatic nitrogens is 5. The molecule has 178 valence electrons. The van der Waals surface area contributed by atoms with Crippen molar-refractivity contribution < 1.29 is 4.79 Å². The van der Waals surface area contributed by atoms with Gasteiger partial charge in [0.15, 0.2) is 0 Å². The summed E-state index contributed by atoms with van der Waals surface area (Å²) in [5, 5.41) is 0. The van der Waals surface area contributed by atoms with Crippen LogP contribution in [0.25, 0.3) is 5.82 Å². The zero-order valence-corrected chi connectivity index (χ0v) is 20.0. The maximum absolute atomic E-state index is 13.4. The fourth-order valence-electron chi connectivity index (χ4n) is 5.22. The van der Waals surface area contributed by atoms with Crippen molar-refractivity contribution in [3.8, 4) is 5.82 Å². The van der Waals surface area contributed by atoms with Gasteiger partial charge in [0.05, 0.1) is 11.7 Å². The van der Waals surface area contributed by atoms with Gasteiger partial charge >= 0.3 is 0 Å². The first-order valence-electron chi connectivity index (χ1n) is 12.4. The number of anilines is 1.